The highest BCUT2D eigenvalue weighted by atomic mass is 32.1. The van der Waals surface area contributed by atoms with Gasteiger partial charge in [-0.1, -0.05) is 0 Å². The molecule has 4 rings (SSSR count). The molecule has 0 unspecified atom stereocenters. The summed E-state index contributed by atoms with van der Waals surface area (Å²) in [4.78, 5) is 20.4. The average Bonchev–Trinajstić information content (AvgIpc) is 3.24. The first-order valence-corrected chi connectivity index (χ1v) is 7.99. The third-order valence-electron chi connectivity index (χ3n) is 3.28. The molecule has 8 heteroatoms. The van der Waals surface area contributed by atoms with E-state index in [9.17, 15) is 4.79 Å². The lowest BCUT2D eigenvalue weighted by Crippen LogP contribution is -2.12. The summed E-state index contributed by atoms with van der Waals surface area (Å²) in [5.41, 5.74) is 1.78. The van der Waals surface area contributed by atoms with Gasteiger partial charge < -0.3 is 20.1 Å². The van der Waals surface area contributed by atoms with Gasteiger partial charge in [-0.05, 0) is 24.3 Å². The van der Waals surface area contributed by atoms with E-state index >= 15 is 0 Å². The Hall–Kier alpha value is -3.13. The van der Waals surface area contributed by atoms with Crippen LogP contribution < -0.4 is 20.1 Å². The molecule has 0 saturated heterocycles. The summed E-state index contributed by atoms with van der Waals surface area (Å²) in [5, 5.41) is 8.21. The lowest BCUT2D eigenvalue weighted by Gasteiger charge is -2.04. The van der Waals surface area contributed by atoms with Crippen LogP contribution in [0.5, 0.6) is 11.5 Å². The summed E-state index contributed by atoms with van der Waals surface area (Å²) >= 11 is 1.35. The highest BCUT2D eigenvalue weighted by Gasteiger charge is 2.15. The Morgan fingerprint density at radius 1 is 1.17 bits per heavy atom. The summed E-state index contributed by atoms with van der Waals surface area (Å²) < 4.78 is 10.6. The minimum atomic E-state index is -0.280. The van der Waals surface area contributed by atoms with E-state index in [0.717, 1.165) is 11.4 Å². The molecule has 3 aromatic rings. The van der Waals surface area contributed by atoms with Gasteiger partial charge in [0.25, 0.3) is 5.91 Å². The summed E-state index contributed by atoms with van der Waals surface area (Å²) in [6.45, 7) is 0.231. The summed E-state index contributed by atoms with van der Waals surface area (Å²) in [6, 6.07) is 9.05. The predicted octanol–water partition coefficient (Wildman–Crippen LogP) is 3.26. The molecule has 0 spiro atoms. The number of nitrogens with one attached hydrogen (secondary N) is 2. The van der Waals surface area contributed by atoms with Crippen LogP contribution in [0, 0.1) is 0 Å². The maximum Gasteiger partial charge on any atom is 0.275 e. The molecule has 2 N–H and O–H groups in total. The number of rotatable bonds is 4. The van der Waals surface area contributed by atoms with Crippen LogP contribution in [0.25, 0.3) is 0 Å². The number of nitrogens with zero attached hydrogens (tertiary/aromatic N) is 2. The zero-order chi connectivity index (χ0) is 16.4. The van der Waals surface area contributed by atoms with E-state index in [-0.39, 0.29) is 12.7 Å². The molecule has 1 amide bonds. The Bertz CT molecular complexity index is 882. The van der Waals surface area contributed by atoms with Gasteiger partial charge >= 0.3 is 0 Å². The van der Waals surface area contributed by atoms with Crippen LogP contribution in [-0.2, 0) is 0 Å². The van der Waals surface area contributed by atoms with Crippen molar-refractivity contribution < 1.29 is 14.3 Å². The third kappa shape index (κ3) is 2.99. The second-order valence-corrected chi connectivity index (χ2v) is 5.78. The first-order valence-electron chi connectivity index (χ1n) is 7.11. The molecule has 0 atom stereocenters. The molecule has 1 aliphatic heterocycles. The van der Waals surface area contributed by atoms with Crippen LogP contribution in [0.2, 0.25) is 0 Å². The monoisotopic (exact) mass is 340 g/mol. The first-order chi connectivity index (χ1) is 11.8. The number of hydrogen-bond acceptors (Lipinski definition) is 7. The number of aromatic nitrogens is 2. The topological polar surface area (TPSA) is 85.4 Å². The number of amides is 1. The maximum absolute atomic E-state index is 12.2. The molecule has 0 saturated carbocycles. The van der Waals surface area contributed by atoms with Gasteiger partial charge in [0.2, 0.25) is 6.79 Å². The summed E-state index contributed by atoms with van der Waals surface area (Å²) in [7, 11) is 0. The van der Waals surface area contributed by atoms with Crippen molar-refractivity contribution in [3.8, 4) is 11.5 Å². The van der Waals surface area contributed by atoms with E-state index in [4.69, 9.17) is 9.47 Å². The molecule has 0 fully saturated rings. The minimum Gasteiger partial charge on any atom is -0.454 e. The van der Waals surface area contributed by atoms with E-state index in [2.05, 4.69) is 20.6 Å². The Balaban J connectivity index is 1.45. The molecule has 3 heterocycles. The third-order valence-corrected chi connectivity index (χ3v) is 4.04. The fourth-order valence-electron chi connectivity index (χ4n) is 2.17. The lowest BCUT2D eigenvalue weighted by atomic mass is 10.3. The van der Waals surface area contributed by atoms with Crippen molar-refractivity contribution in [2.24, 2.45) is 0 Å². The van der Waals surface area contributed by atoms with Crippen molar-refractivity contribution in [3.05, 3.63) is 53.8 Å². The molecule has 7 nitrogen and oxygen atoms in total. The van der Waals surface area contributed by atoms with Gasteiger partial charge in [-0.2, -0.15) is 0 Å². The lowest BCUT2D eigenvalue weighted by molar-refractivity contribution is 0.102. The van der Waals surface area contributed by atoms with Gasteiger partial charge in [0, 0.05) is 23.3 Å². The van der Waals surface area contributed by atoms with Gasteiger partial charge in [0.15, 0.2) is 16.6 Å². The standard InChI is InChI=1S/C16H12N4O3S/c21-15(18-11-2-1-5-17-7-11)12-8-24-16(20-12)19-10-3-4-13-14(6-10)23-9-22-13/h1-8H,9H2,(H,18,21)(H,19,20). The molecule has 1 aromatic carbocycles. The molecular weight excluding hydrogens is 328 g/mol. The summed E-state index contributed by atoms with van der Waals surface area (Å²) in [5.74, 6) is 1.13. The van der Waals surface area contributed by atoms with E-state index in [1.807, 2.05) is 18.2 Å². The normalized spacial score (nSPS) is 12.0. The molecule has 0 aliphatic carbocycles. The molecule has 0 bridgehead atoms. The van der Waals surface area contributed by atoms with Gasteiger partial charge in [-0.15, -0.1) is 11.3 Å². The smallest absolute Gasteiger partial charge is 0.275 e. The Labute approximate surface area is 141 Å². The van der Waals surface area contributed by atoms with Crippen LogP contribution in [0.4, 0.5) is 16.5 Å². The molecule has 120 valence electrons. The number of hydrogen-bond donors (Lipinski definition) is 2. The number of fused-ring (bicyclic) bond motifs is 1. The zero-order valence-electron chi connectivity index (χ0n) is 12.4. The van der Waals surface area contributed by atoms with E-state index in [1.54, 1.807) is 29.9 Å². The Morgan fingerprint density at radius 2 is 2.08 bits per heavy atom. The van der Waals surface area contributed by atoms with Crippen LogP contribution in [0.1, 0.15) is 10.5 Å². The molecule has 2 aromatic heterocycles. The van der Waals surface area contributed by atoms with Crippen LogP contribution in [0.3, 0.4) is 0 Å². The van der Waals surface area contributed by atoms with E-state index in [1.165, 1.54) is 11.3 Å². The highest BCUT2D eigenvalue weighted by molar-refractivity contribution is 7.14. The Morgan fingerprint density at radius 3 is 2.96 bits per heavy atom. The van der Waals surface area contributed by atoms with Crippen LogP contribution in [0.15, 0.2) is 48.1 Å². The largest absolute Gasteiger partial charge is 0.454 e. The maximum atomic E-state index is 12.2. The highest BCUT2D eigenvalue weighted by Crippen LogP contribution is 2.35. The van der Waals surface area contributed by atoms with Crippen molar-refractivity contribution in [1.29, 1.82) is 0 Å². The molecule has 24 heavy (non-hydrogen) atoms. The number of pyridine rings is 1. The van der Waals surface area contributed by atoms with E-state index in [0.29, 0.717) is 22.3 Å². The van der Waals surface area contributed by atoms with Crippen LogP contribution in [-0.4, -0.2) is 22.7 Å². The van der Waals surface area contributed by atoms with Gasteiger partial charge in [0.05, 0.1) is 11.9 Å². The average molecular weight is 340 g/mol. The number of thiazole rings is 1. The first kappa shape index (κ1) is 14.5. The van der Waals surface area contributed by atoms with Crippen molar-refractivity contribution in [3.63, 3.8) is 0 Å². The Kier molecular flexibility index (Phi) is 3.72. The van der Waals surface area contributed by atoms with Crippen molar-refractivity contribution >= 4 is 33.8 Å². The second kappa shape index (κ2) is 6.17. The number of anilines is 3. The molecule has 1 aliphatic rings. The SMILES string of the molecule is O=C(Nc1cccnc1)c1csc(Nc2ccc3c(c2)OCO3)n1. The quantitative estimate of drug-likeness (QED) is 0.758. The summed E-state index contributed by atoms with van der Waals surface area (Å²) in [6.07, 6.45) is 3.22. The second-order valence-electron chi connectivity index (χ2n) is 4.93. The number of carbonyl (C=O) groups excluding carboxylic acids is 1. The predicted molar refractivity (Wildman–Crippen MR) is 90.2 cm³/mol. The van der Waals surface area contributed by atoms with E-state index < -0.39 is 0 Å². The molecule has 0 radical (unpaired) electrons. The van der Waals surface area contributed by atoms with Crippen molar-refractivity contribution in [1.82, 2.24) is 9.97 Å². The van der Waals surface area contributed by atoms with Gasteiger partial charge in [0.1, 0.15) is 5.69 Å². The minimum absolute atomic E-state index is 0.231. The van der Waals surface area contributed by atoms with Gasteiger partial charge in [-0.3, -0.25) is 9.78 Å². The van der Waals surface area contributed by atoms with Crippen molar-refractivity contribution in [2.75, 3.05) is 17.4 Å². The number of ether oxygens (including phenoxy) is 2. The zero-order valence-corrected chi connectivity index (χ0v) is 13.2. The fourth-order valence-corrected chi connectivity index (χ4v) is 2.88. The molecular formula is C16H12N4O3S. The number of benzene rings is 1. The number of carbonyl (C=O) groups is 1. The van der Waals surface area contributed by atoms with Crippen LogP contribution >= 0.6 is 11.3 Å². The van der Waals surface area contributed by atoms with Crippen molar-refractivity contribution in [2.45, 2.75) is 0 Å². The fraction of sp³-hybridized carbons (Fsp3) is 0.0625. The van der Waals surface area contributed by atoms with Gasteiger partial charge in [-0.25, -0.2) is 4.98 Å².